The van der Waals surface area contributed by atoms with E-state index < -0.39 is 33.8 Å². The number of rotatable bonds is 5. The molecule has 0 aliphatic rings. The predicted octanol–water partition coefficient (Wildman–Crippen LogP) is 4.02. The van der Waals surface area contributed by atoms with Crippen molar-refractivity contribution in [1.29, 1.82) is 0 Å². The molecule has 7 nitrogen and oxygen atoms in total. The molecule has 0 aliphatic heterocycles. The monoisotopic (exact) mass is 450 g/mol. The zero-order valence-electron chi connectivity index (χ0n) is 16.5. The molecule has 2 aromatic heterocycles. The molecule has 0 fully saturated rings. The van der Waals surface area contributed by atoms with Crippen LogP contribution in [0.15, 0.2) is 59.2 Å². The van der Waals surface area contributed by atoms with Crippen LogP contribution in [-0.4, -0.2) is 28.9 Å². The first-order valence-corrected chi connectivity index (χ1v) is 10.1. The first-order chi connectivity index (χ1) is 14.6. The van der Waals surface area contributed by atoms with Gasteiger partial charge in [0.2, 0.25) is 0 Å². The number of aromatic nitrogens is 3. The Bertz CT molecular complexity index is 1250. The zero-order chi connectivity index (χ0) is 22.8. The van der Waals surface area contributed by atoms with Gasteiger partial charge in [0.15, 0.2) is 11.2 Å². The highest BCUT2D eigenvalue weighted by Gasteiger charge is 2.45. The molecule has 11 heteroatoms. The fourth-order valence-corrected chi connectivity index (χ4v) is 3.75. The number of nitrogens with zero attached hydrogens (tertiary/aromatic N) is 4. The fourth-order valence-electron chi connectivity index (χ4n) is 3.47. The number of carbonyl (C=O) groups is 1. The Morgan fingerprint density at radius 3 is 2.35 bits per heavy atom. The Morgan fingerprint density at radius 2 is 1.81 bits per heavy atom. The summed E-state index contributed by atoms with van der Waals surface area (Å²) in [5.74, 6) is -1.31. The number of amides is 1. The Balaban J connectivity index is 2.47. The van der Waals surface area contributed by atoms with Crippen molar-refractivity contribution in [3.63, 3.8) is 0 Å². The van der Waals surface area contributed by atoms with Gasteiger partial charge in [-0.15, -0.1) is 0 Å². The van der Waals surface area contributed by atoms with Crippen LogP contribution in [0.2, 0.25) is 0 Å². The molecule has 0 spiro atoms. The standard InChI is InChI=1S/C20H17F3N4O3S/c1-3-19(18(28)26-31(29)30,14-8-5-4-6-9-14)27-12-16(20(21,22)23)25-17(27)15-10-7-11-24-13(15)2/h4-12H,3H2,1-2H3. The third kappa shape index (κ3) is 4.13. The maximum atomic E-state index is 13.6. The summed E-state index contributed by atoms with van der Waals surface area (Å²) in [5.41, 5.74) is -2.18. The van der Waals surface area contributed by atoms with Crippen LogP contribution in [0.1, 0.15) is 30.3 Å². The Hall–Kier alpha value is -3.34. The minimum absolute atomic E-state index is 0.0868. The van der Waals surface area contributed by atoms with E-state index >= 15 is 0 Å². The Kier molecular flexibility index (Phi) is 6.07. The molecule has 1 aromatic carbocycles. The van der Waals surface area contributed by atoms with Crippen LogP contribution in [0.4, 0.5) is 13.2 Å². The Morgan fingerprint density at radius 1 is 1.13 bits per heavy atom. The molecule has 1 amide bonds. The minimum Gasteiger partial charge on any atom is -0.311 e. The summed E-state index contributed by atoms with van der Waals surface area (Å²) >= 11 is 0. The van der Waals surface area contributed by atoms with E-state index in [4.69, 9.17) is 0 Å². The number of halogens is 3. The topological polar surface area (TPSA) is 94.3 Å². The summed E-state index contributed by atoms with van der Waals surface area (Å²) in [6.07, 6.45) is -2.70. The largest absolute Gasteiger partial charge is 0.434 e. The molecule has 0 bridgehead atoms. The number of benzene rings is 1. The lowest BCUT2D eigenvalue weighted by Crippen LogP contribution is -2.42. The van der Waals surface area contributed by atoms with Crippen LogP contribution in [0.25, 0.3) is 11.4 Å². The van der Waals surface area contributed by atoms with Crippen molar-refractivity contribution in [3.05, 3.63) is 71.8 Å². The summed E-state index contributed by atoms with van der Waals surface area (Å²) in [4.78, 5) is 21.0. The third-order valence-corrected chi connectivity index (χ3v) is 5.24. The van der Waals surface area contributed by atoms with Crippen molar-refractivity contribution in [2.45, 2.75) is 32.0 Å². The lowest BCUT2D eigenvalue weighted by atomic mass is 9.85. The van der Waals surface area contributed by atoms with Crippen LogP contribution in [0.3, 0.4) is 0 Å². The van der Waals surface area contributed by atoms with Gasteiger partial charge in [-0.3, -0.25) is 9.78 Å². The summed E-state index contributed by atoms with van der Waals surface area (Å²) in [6.45, 7) is 3.15. The second kappa shape index (κ2) is 8.42. The molecule has 0 aliphatic carbocycles. The number of hydrogen-bond donors (Lipinski definition) is 0. The van der Waals surface area contributed by atoms with E-state index in [1.165, 1.54) is 30.5 Å². The molecule has 0 radical (unpaired) electrons. The lowest BCUT2D eigenvalue weighted by Gasteiger charge is -2.32. The van der Waals surface area contributed by atoms with E-state index in [-0.39, 0.29) is 23.4 Å². The quantitative estimate of drug-likeness (QED) is 0.585. The van der Waals surface area contributed by atoms with E-state index in [0.29, 0.717) is 11.9 Å². The molecule has 0 saturated heterocycles. The molecule has 3 rings (SSSR count). The first-order valence-electron chi connectivity index (χ1n) is 9.11. The van der Waals surface area contributed by atoms with Crippen molar-refractivity contribution < 1.29 is 26.4 Å². The first kappa shape index (κ1) is 22.3. The highest BCUT2D eigenvalue weighted by atomic mass is 32.2. The van der Waals surface area contributed by atoms with E-state index in [1.807, 2.05) is 0 Å². The van der Waals surface area contributed by atoms with Gasteiger partial charge in [0.25, 0.3) is 5.91 Å². The van der Waals surface area contributed by atoms with Crippen LogP contribution in [0, 0.1) is 6.92 Å². The number of aryl methyl sites for hydroxylation is 1. The van der Waals surface area contributed by atoms with Crippen LogP contribution in [-0.2, 0) is 27.0 Å². The number of hydrogen-bond acceptors (Lipinski definition) is 5. The summed E-state index contributed by atoms with van der Waals surface area (Å²) in [6, 6.07) is 11.0. The molecular formula is C20H17F3N4O3S. The van der Waals surface area contributed by atoms with Crippen molar-refractivity contribution in [3.8, 4) is 11.4 Å². The molecule has 3 aromatic rings. The SMILES string of the molecule is CCC(C(=O)N=S(=O)=O)(c1ccccc1)n1cc(C(F)(F)F)nc1-c1cccnc1C. The number of imidazole rings is 1. The molecule has 0 saturated carbocycles. The smallest absolute Gasteiger partial charge is 0.311 e. The van der Waals surface area contributed by atoms with Gasteiger partial charge in [-0.1, -0.05) is 41.6 Å². The van der Waals surface area contributed by atoms with Gasteiger partial charge >= 0.3 is 16.7 Å². The normalized spacial score (nSPS) is 13.5. The maximum absolute atomic E-state index is 13.6. The molecule has 1 unspecified atom stereocenters. The average molecular weight is 450 g/mol. The molecule has 162 valence electrons. The maximum Gasteiger partial charge on any atom is 0.434 e. The summed E-state index contributed by atoms with van der Waals surface area (Å²) < 4.78 is 67.4. The van der Waals surface area contributed by atoms with E-state index in [0.717, 1.165) is 4.57 Å². The van der Waals surface area contributed by atoms with Crippen LogP contribution >= 0.6 is 0 Å². The molecular weight excluding hydrogens is 433 g/mol. The van der Waals surface area contributed by atoms with Gasteiger partial charge in [0.1, 0.15) is 5.82 Å². The fraction of sp³-hybridized carbons (Fsp3) is 0.250. The van der Waals surface area contributed by atoms with Crippen LogP contribution in [0.5, 0.6) is 0 Å². The lowest BCUT2D eigenvalue weighted by molar-refractivity contribution is -0.141. The van der Waals surface area contributed by atoms with E-state index in [9.17, 15) is 26.4 Å². The van der Waals surface area contributed by atoms with Crippen molar-refractivity contribution in [1.82, 2.24) is 14.5 Å². The number of pyridine rings is 1. The predicted molar refractivity (Wildman–Crippen MR) is 105 cm³/mol. The van der Waals surface area contributed by atoms with Gasteiger partial charge in [0.05, 0.1) is 0 Å². The van der Waals surface area contributed by atoms with Gasteiger partial charge in [-0.2, -0.15) is 21.6 Å². The summed E-state index contributed by atoms with van der Waals surface area (Å²) in [7, 11) is -3.10. The second-order valence-corrected chi connectivity index (χ2v) is 7.26. The van der Waals surface area contributed by atoms with Crippen molar-refractivity contribution in [2.75, 3.05) is 0 Å². The third-order valence-electron chi connectivity index (χ3n) is 4.93. The molecule has 31 heavy (non-hydrogen) atoms. The summed E-state index contributed by atoms with van der Waals surface area (Å²) in [5, 5.41) is 0. The van der Waals surface area contributed by atoms with Crippen molar-refractivity contribution >= 4 is 16.4 Å². The highest BCUT2D eigenvalue weighted by molar-refractivity contribution is 7.62. The van der Waals surface area contributed by atoms with Gasteiger partial charge in [-0.05, 0) is 31.0 Å². The number of alkyl halides is 3. The van der Waals surface area contributed by atoms with Gasteiger partial charge in [-0.25, -0.2) is 4.98 Å². The molecule has 1 atom stereocenters. The number of carbonyl (C=O) groups excluding carboxylic acids is 1. The van der Waals surface area contributed by atoms with E-state index in [2.05, 4.69) is 14.3 Å². The highest BCUT2D eigenvalue weighted by Crippen LogP contribution is 2.39. The van der Waals surface area contributed by atoms with Gasteiger partial charge in [0, 0.05) is 23.7 Å². The minimum atomic E-state index is -4.80. The Labute approximate surface area is 177 Å². The average Bonchev–Trinajstić information content (AvgIpc) is 3.16. The van der Waals surface area contributed by atoms with E-state index in [1.54, 1.807) is 32.0 Å². The molecule has 0 N–H and O–H groups in total. The molecule has 2 heterocycles. The van der Waals surface area contributed by atoms with Crippen LogP contribution < -0.4 is 0 Å². The second-order valence-electron chi connectivity index (χ2n) is 6.65. The zero-order valence-corrected chi connectivity index (χ0v) is 17.3. The van der Waals surface area contributed by atoms with Gasteiger partial charge < -0.3 is 4.57 Å². The van der Waals surface area contributed by atoms with Crippen molar-refractivity contribution in [2.24, 2.45) is 4.36 Å².